The second-order valence-electron chi connectivity index (χ2n) is 4.60. The van der Waals surface area contributed by atoms with Crippen LogP contribution in [-0.2, 0) is 9.53 Å². The van der Waals surface area contributed by atoms with Crippen LogP contribution in [-0.4, -0.2) is 48.7 Å². The molecular weight excluding hydrogens is 290 g/mol. The number of carbonyl (C=O) groups is 2. The molecule has 0 unspecified atom stereocenters. The van der Waals surface area contributed by atoms with Crippen LogP contribution < -0.4 is 5.63 Å². The summed E-state index contributed by atoms with van der Waals surface area (Å²) in [7, 11) is 1.44. The van der Waals surface area contributed by atoms with Crippen molar-refractivity contribution in [2.24, 2.45) is 0 Å². The summed E-state index contributed by atoms with van der Waals surface area (Å²) in [4.78, 5) is 36.2. The van der Waals surface area contributed by atoms with Crippen molar-refractivity contribution in [1.82, 2.24) is 4.90 Å². The quantitative estimate of drug-likeness (QED) is 0.799. The second kappa shape index (κ2) is 6.86. The monoisotopic (exact) mass is 305 g/mol. The molecule has 0 saturated carbocycles. The number of amides is 1. The first-order valence-electron chi connectivity index (χ1n) is 6.56. The molecule has 7 nitrogen and oxygen atoms in total. The fraction of sp³-hybridized carbons (Fsp3) is 0.267. The number of carboxylic acids is 1. The van der Waals surface area contributed by atoms with Gasteiger partial charge in [0.2, 0.25) is 0 Å². The van der Waals surface area contributed by atoms with Gasteiger partial charge in [-0.15, -0.1) is 0 Å². The van der Waals surface area contributed by atoms with Crippen molar-refractivity contribution >= 4 is 22.8 Å². The Labute approximate surface area is 125 Å². The molecule has 0 fully saturated rings. The summed E-state index contributed by atoms with van der Waals surface area (Å²) in [6, 6.07) is 8.18. The van der Waals surface area contributed by atoms with E-state index in [1.54, 1.807) is 24.3 Å². The molecule has 0 radical (unpaired) electrons. The molecule has 2 rings (SSSR count). The normalized spacial score (nSPS) is 10.6. The summed E-state index contributed by atoms with van der Waals surface area (Å²) in [5, 5.41) is 9.47. The summed E-state index contributed by atoms with van der Waals surface area (Å²) < 4.78 is 9.94. The van der Waals surface area contributed by atoms with Crippen LogP contribution in [0.2, 0.25) is 0 Å². The third-order valence-corrected chi connectivity index (χ3v) is 3.05. The number of nitrogens with zero attached hydrogens (tertiary/aromatic N) is 1. The van der Waals surface area contributed by atoms with Crippen LogP contribution in [0.15, 0.2) is 39.5 Å². The summed E-state index contributed by atoms with van der Waals surface area (Å²) in [5.74, 6) is -1.87. The van der Waals surface area contributed by atoms with Gasteiger partial charge in [-0.3, -0.25) is 9.59 Å². The van der Waals surface area contributed by atoms with Crippen LogP contribution >= 0.6 is 0 Å². The first kappa shape index (κ1) is 15.7. The third-order valence-electron chi connectivity index (χ3n) is 3.05. The number of methoxy groups -OCH3 is 1. The molecule has 0 aliphatic carbocycles. The van der Waals surface area contributed by atoms with Gasteiger partial charge >= 0.3 is 11.6 Å². The zero-order chi connectivity index (χ0) is 16.1. The lowest BCUT2D eigenvalue weighted by Crippen LogP contribution is -2.39. The average Bonchev–Trinajstić information content (AvgIpc) is 2.49. The Morgan fingerprint density at radius 2 is 2.05 bits per heavy atom. The molecule has 2 aromatic rings. The lowest BCUT2D eigenvalue weighted by atomic mass is 10.1. The average molecular weight is 305 g/mol. The number of para-hydroxylation sites is 1. The maximum atomic E-state index is 12.4. The molecule has 7 heteroatoms. The molecule has 0 atom stereocenters. The van der Waals surface area contributed by atoms with E-state index in [0.717, 1.165) is 4.90 Å². The van der Waals surface area contributed by atoms with E-state index >= 15 is 0 Å². The van der Waals surface area contributed by atoms with E-state index in [-0.39, 0.29) is 18.7 Å². The van der Waals surface area contributed by atoms with Crippen molar-refractivity contribution in [3.63, 3.8) is 0 Å². The molecule has 0 aliphatic rings. The number of fused-ring (bicyclic) bond motifs is 1. The van der Waals surface area contributed by atoms with Gasteiger partial charge in [-0.1, -0.05) is 18.2 Å². The number of ether oxygens (including phenoxy) is 1. The Morgan fingerprint density at radius 3 is 2.73 bits per heavy atom. The zero-order valence-electron chi connectivity index (χ0n) is 11.9. The standard InChI is InChI=1S/C15H15NO6/c1-21-7-6-16(9-13(17)18)14(19)11-8-10-4-2-3-5-12(10)22-15(11)20/h2-5,8H,6-7,9H2,1H3,(H,17,18). The number of hydrogen-bond donors (Lipinski definition) is 1. The first-order chi connectivity index (χ1) is 10.5. The van der Waals surface area contributed by atoms with Gasteiger partial charge in [0.05, 0.1) is 6.61 Å². The van der Waals surface area contributed by atoms with Crippen molar-refractivity contribution in [2.75, 3.05) is 26.8 Å². The Hall–Kier alpha value is -2.67. The topological polar surface area (TPSA) is 97.1 Å². The summed E-state index contributed by atoms with van der Waals surface area (Å²) in [5.41, 5.74) is -0.627. The molecule has 1 amide bonds. The third kappa shape index (κ3) is 3.50. The highest BCUT2D eigenvalue weighted by Gasteiger charge is 2.22. The lowest BCUT2D eigenvalue weighted by Gasteiger charge is -2.19. The molecule has 1 aromatic heterocycles. The van der Waals surface area contributed by atoms with Crippen molar-refractivity contribution in [2.45, 2.75) is 0 Å². The maximum absolute atomic E-state index is 12.4. The Kier molecular flexibility index (Phi) is 4.90. The van der Waals surface area contributed by atoms with Crippen molar-refractivity contribution < 1.29 is 23.8 Å². The largest absolute Gasteiger partial charge is 0.480 e. The fourth-order valence-electron chi connectivity index (χ4n) is 2.00. The van der Waals surface area contributed by atoms with E-state index in [1.165, 1.54) is 13.2 Å². The highest BCUT2D eigenvalue weighted by atomic mass is 16.5. The van der Waals surface area contributed by atoms with Crippen molar-refractivity contribution in [3.05, 3.63) is 46.3 Å². The smallest absolute Gasteiger partial charge is 0.349 e. The van der Waals surface area contributed by atoms with Crippen LogP contribution in [0.25, 0.3) is 11.0 Å². The van der Waals surface area contributed by atoms with Crippen LogP contribution in [0.5, 0.6) is 0 Å². The van der Waals surface area contributed by atoms with Gasteiger partial charge < -0.3 is 19.2 Å². The van der Waals surface area contributed by atoms with Crippen LogP contribution in [0, 0.1) is 0 Å². The van der Waals surface area contributed by atoms with E-state index in [0.29, 0.717) is 11.0 Å². The van der Waals surface area contributed by atoms with Gasteiger partial charge in [0, 0.05) is 19.0 Å². The molecule has 116 valence electrons. The number of benzene rings is 1. The first-order valence-corrected chi connectivity index (χ1v) is 6.56. The van der Waals surface area contributed by atoms with Gasteiger partial charge in [-0.05, 0) is 12.1 Å². The predicted molar refractivity (Wildman–Crippen MR) is 77.9 cm³/mol. The SMILES string of the molecule is COCCN(CC(=O)O)C(=O)c1cc2ccccc2oc1=O. The molecule has 22 heavy (non-hydrogen) atoms. The number of hydrogen-bond acceptors (Lipinski definition) is 5. The van der Waals surface area contributed by atoms with Gasteiger partial charge in [0.15, 0.2) is 0 Å². The van der Waals surface area contributed by atoms with Gasteiger partial charge in [0.1, 0.15) is 17.7 Å². The summed E-state index contributed by atoms with van der Waals surface area (Å²) in [6.07, 6.45) is 0. The molecule has 0 spiro atoms. The Morgan fingerprint density at radius 1 is 1.32 bits per heavy atom. The van der Waals surface area contributed by atoms with E-state index in [9.17, 15) is 14.4 Å². The van der Waals surface area contributed by atoms with Gasteiger partial charge in [-0.25, -0.2) is 4.79 Å². The van der Waals surface area contributed by atoms with Gasteiger partial charge in [0.25, 0.3) is 5.91 Å². The fourth-order valence-corrected chi connectivity index (χ4v) is 2.00. The van der Waals surface area contributed by atoms with E-state index in [4.69, 9.17) is 14.3 Å². The minimum absolute atomic E-state index is 0.0634. The summed E-state index contributed by atoms with van der Waals surface area (Å²) in [6.45, 7) is -0.291. The van der Waals surface area contributed by atoms with Crippen LogP contribution in [0.1, 0.15) is 10.4 Å². The van der Waals surface area contributed by atoms with Crippen molar-refractivity contribution in [1.29, 1.82) is 0 Å². The Balaban J connectivity index is 2.38. The molecule has 0 aliphatic heterocycles. The highest BCUT2D eigenvalue weighted by molar-refractivity contribution is 5.97. The molecular formula is C15H15NO6. The highest BCUT2D eigenvalue weighted by Crippen LogP contribution is 2.13. The number of rotatable bonds is 6. The molecule has 0 bridgehead atoms. The molecule has 1 aromatic carbocycles. The van der Waals surface area contributed by atoms with E-state index < -0.39 is 24.0 Å². The minimum Gasteiger partial charge on any atom is -0.480 e. The Bertz CT molecular complexity index is 751. The molecule has 1 N–H and O–H groups in total. The van der Waals surface area contributed by atoms with E-state index in [2.05, 4.69) is 0 Å². The minimum atomic E-state index is -1.17. The predicted octanol–water partition coefficient (Wildman–Crippen LogP) is 0.966. The van der Waals surface area contributed by atoms with Crippen LogP contribution in [0.4, 0.5) is 0 Å². The second-order valence-corrected chi connectivity index (χ2v) is 4.60. The number of aliphatic carboxylic acids is 1. The molecule has 0 saturated heterocycles. The zero-order valence-corrected chi connectivity index (χ0v) is 11.9. The van der Waals surface area contributed by atoms with E-state index in [1.807, 2.05) is 0 Å². The van der Waals surface area contributed by atoms with Gasteiger partial charge in [-0.2, -0.15) is 0 Å². The lowest BCUT2D eigenvalue weighted by molar-refractivity contribution is -0.137. The maximum Gasteiger partial charge on any atom is 0.349 e. The summed E-state index contributed by atoms with van der Waals surface area (Å²) >= 11 is 0. The number of carboxylic acid groups (broad SMARTS) is 1. The van der Waals surface area contributed by atoms with Crippen LogP contribution in [0.3, 0.4) is 0 Å². The number of carbonyl (C=O) groups excluding carboxylic acids is 1. The molecule has 1 heterocycles. The van der Waals surface area contributed by atoms with Crippen molar-refractivity contribution in [3.8, 4) is 0 Å².